The molecule has 4 nitrogen and oxygen atoms in total. The van der Waals surface area contributed by atoms with Crippen LogP contribution < -0.4 is 5.32 Å². The summed E-state index contributed by atoms with van der Waals surface area (Å²) in [7, 11) is 2.24. The second-order valence-electron chi connectivity index (χ2n) is 4.58. The largest absolute Gasteiger partial charge is 0.317 e. The number of halogens is 2. The van der Waals surface area contributed by atoms with Crippen molar-refractivity contribution >= 4 is 24.8 Å². The molecule has 1 aliphatic rings. The Kier molecular flexibility index (Phi) is 9.46. The molecule has 1 unspecified atom stereocenters. The van der Waals surface area contributed by atoms with Gasteiger partial charge in [-0.05, 0) is 45.5 Å². The summed E-state index contributed by atoms with van der Waals surface area (Å²) in [5, 5.41) is 7.69. The normalized spacial score (nSPS) is 19.8. The number of nitrogens with one attached hydrogen (secondary N) is 1. The quantitative estimate of drug-likeness (QED) is 0.919. The van der Waals surface area contributed by atoms with Crippen LogP contribution in [0.25, 0.3) is 0 Å². The highest BCUT2D eigenvalue weighted by Crippen LogP contribution is 2.11. The molecule has 1 N–H and O–H groups in total. The van der Waals surface area contributed by atoms with Crippen molar-refractivity contribution in [2.24, 2.45) is 0 Å². The lowest BCUT2D eigenvalue weighted by atomic mass is 10.1. The fourth-order valence-corrected chi connectivity index (χ4v) is 2.32. The summed E-state index contributed by atoms with van der Waals surface area (Å²) in [4.78, 5) is 2.48. The summed E-state index contributed by atoms with van der Waals surface area (Å²) < 4.78 is 2.01. The summed E-state index contributed by atoms with van der Waals surface area (Å²) in [5.74, 6) is 0. The predicted octanol–water partition coefficient (Wildman–Crippen LogP) is 1.80. The zero-order valence-electron chi connectivity index (χ0n) is 10.9. The molecule has 0 aromatic carbocycles. The van der Waals surface area contributed by atoms with Gasteiger partial charge >= 0.3 is 0 Å². The van der Waals surface area contributed by atoms with E-state index in [1.165, 1.54) is 25.8 Å². The Labute approximate surface area is 122 Å². The summed E-state index contributed by atoms with van der Waals surface area (Å²) in [5.41, 5.74) is 0. The minimum atomic E-state index is 0. The molecule has 0 aliphatic carbocycles. The number of rotatable bonds is 4. The first kappa shape index (κ1) is 17.7. The van der Waals surface area contributed by atoms with Crippen LogP contribution in [0.2, 0.25) is 0 Å². The van der Waals surface area contributed by atoms with Crippen molar-refractivity contribution in [3.63, 3.8) is 0 Å². The van der Waals surface area contributed by atoms with Crippen LogP contribution in [-0.2, 0) is 6.54 Å². The van der Waals surface area contributed by atoms with Crippen molar-refractivity contribution in [2.75, 3.05) is 26.7 Å². The third-order valence-electron chi connectivity index (χ3n) is 3.41. The van der Waals surface area contributed by atoms with Gasteiger partial charge < -0.3 is 10.2 Å². The summed E-state index contributed by atoms with van der Waals surface area (Å²) in [6, 6.07) is 2.72. The van der Waals surface area contributed by atoms with Gasteiger partial charge in [0.1, 0.15) is 0 Å². The van der Waals surface area contributed by atoms with E-state index in [2.05, 4.69) is 22.4 Å². The molecule has 2 heterocycles. The van der Waals surface area contributed by atoms with E-state index in [4.69, 9.17) is 0 Å². The van der Waals surface area contributed by atoms with E-state index in [-0.39, 0.29) is 24.8 Å². The smallest absolute Gasteiger partial charge is 0.0536 e. The molecular weight excluding hydrogens is 271 g/mol. The molecule has 1 aromatic heterocycles. The fourth-order valence-electron chi connectivity index (χ4n) is 2.32. The number of likely N-dealkylation sites (N-methyl/N-ethyl adjacent to an activating group) is 1. The van der Waals surface area contributed by atoms with Gasteiger partial charge in [0.05, 0.1) is 6.54 Å². The average Bonchev–Trinajstić information content (AvgIpc) is 2.66. The SMILES string of the molecule is CN(CCn1cccn1)C1CCCNCC1.Cl.Cl. The molecule has 0 bridgehead atoms. The van der Waals surface area contributed by atoms with Crippen LogP contribution in [0, 0.1) is 0 Å². The lowest BCUT2D eigenvalue weighted by molar-refractivity contribution is 0.214. The Balaban J connectivity index is 0.00000144. The monoisotopic (exact) mass is 294 g/mol. The van der Waals surface area contributed by atoms with Crippen LogP contribution in [0.15, 0.2) is 18.5 Å². The summed E-state index contributed by atoms with van der Waals surface area (Å²) in [6.07, 6.45) is 7.77. The first-order chi connectivity index (χ1) is 7.86. The van der Waals surface area contributed by atoms with E-state index in [1.54, 1.807) is 0 Å². The third kappa shape index (κ3) is 5.57. The molecule has 106 valence electrons. The first-order valence-electron chi connectivity index (χ1n) is 6.24. The highest BCUT2D eigenvalue weighted by atomic mass is 35.5. The molecule has 2 rings (SSSR count). The van der Waals surface area contributed by atoms with Gasteiger partial charge in [-0.15, -0.1) is 24.8 Å². The van der Waals surface area contributed by atoms with Gasteiger partial charge in [0, 0.05) is 25.0 Å². The maximum absolute atomic E-state index is 4.23. The molecule has 0 radical (unpaired) electrons. The van der Waals surface area contributed by atoms with Gasteiger partial charge in [0.15, 0.2) is 0 Å². The van der Waals surface area contributed by atoms with Crippen LogP contribution in [0.4, 0.5) is 0 Å². The van der Waals surface area contributed by atoms with Crippen molar-refractivity contribution in [1.29, 1.82) is 0 Å². The Morgan fingerprint density at radius 2 is 2.17 bits per heavy atom. The molecule has 0 spiro atoms. The van der Waals surface area contributed by atoms with Crippen LogP contribution in [0.5, 0.6) is 0 Å². The van der Waals surface area contributed by atoms with E-state index in [1.807, 2.05) is 23.1 Å². The lowest BCUT2D eigenvalue weighted by Gasteiger charge is -2.26. The molecular formula is C12H24Cl2N4. The molecule has 6 heteroatoms. The van der Waals surface area contributed by atoms with Crippen molar-refractivity contribution < 1.29 is 0 Å². The second-order valence-corrected chi connectivity index (χ2v) is 4.58. The Morgan fingerprint density at radius 1 is 1.33 bits per heavy atom. The van der Waals surface area contributed by atoms with Crippen molar-refractivity contribution in [3.8, 4) is 0 Å². The van der Waals surface area contributed by atoms with Crippen molar-refractivity contribution in [1.82, 2.24) is 20.0 Å². The van der Waals surface area contributed by atoms with Gasteiger partial charge in [-0.1, -0.05) is 0 Å². The topological polar surface area (TPSA) is 33.1 Å². The van der Waals surface area contributed by atoms with Crippen LogP contribution in [0.3, 0.4) is 0 Å². The summed E-state index contributed by atoms with van der Waals surface area (Å²) in [6.45, 7) is 4.43. The van der Waals surface area contributed by atoms with Crippen LogP contribution >= 0.6 is 24.8 Å². The highest BCUT2D eigenvalue weighted by Gasteiger charge is 2.16. The van der Waals surface area contributed by atoms with Gasteiger partial charge in [-0.3, -0.25) is 4.68 Å². The zero-order chi connectivity index (χ0) is 11.2. The summed E-state index contributed by atoms with van der Waals surface area (Å²) >= 11 is 0. The van der Waals surface area contributed by atoms with Gasteiger partial charge in [-0.25, -0.2) is 0 Å². The lowest BCUT2D eigenvalue weighted by Crippen LogP contribution is -2.34. The molecule has 1 saturated heterocycles. The Morgan fingerprint density at radius 3 is 2.89 bits per heavy atom. The van der Waals surface area contributed by atoms with E-state index < -0.39 is 0 Å². The standard InChI is InChI=1S/C12H22N4.2ClH/c1-15(10-11-16-9-3-7-14-16)12-4-2-6-13-8-5-12;;/h3,7,9,12-13H,2,4-6,8,10-11H2,1H3;2*1H. The first-order valence-corrected chi connectivity index (χ1v) is 6.24. The van der Waals surface area contributed by atoms with Gasteiger partial charge in [0.25, 0.3) is 0 Å². The number of aromatic nitrogens is 2. The Hall–Kier alpha value is -0.290. The minimum absolute atomic E-state index is 0. The van der Waals surface area contributed by atoms with Gasteiger partial charge in [0.2, 0.25) is 0 Å². The number of hydrogen-bond acceptors (Lipinski definition) is 3. The predicted molar refractivity (Wildman–Crippen MR) is 79.9 cm³/mol. The number of nitrogens with zero attached hydrogens (tertiary/aromatic N) is 3. The average molecular weight is 295 g/mol. The zero-order valence-corrected chi connectivity index (χ0v) is 12.6. The molecule has 18 heavy (non-hydrogen) atoms. The van der Waals surface area contributed by atoms with E-state index in [0.29, 0.717) is 0 Å². The molecule has 1 atom stereocenters. The van der Waals surface area contributed by atoms with Crippen molar-refractivity contribution in [3.05, 3.63) is 18.5 Å². The molecule has 1 fully saturated rings. The molecule has 1 aromatic rings. The second kappa shape index (κ2) is 9.62. The molecule has 0 saturated carbocycles. The molecule has 1 aliphatic heterocycles. The highest BCUT2D eigenvalue weighted by molar-refractivity contribution is 5.85. The maximum Gasteiger partial charge on any atom is 0.0536 e. The van der Waals surface area contributed by atoms with E-state index in [9.17, 15) is 0 Å². The van der Waals surface area contributed by atoms with Gasteiger partial charge in [-0.2, -0.15) is 5.10 Å². The minimum Gasteiger partial charge on any atom is -0.317 e. The van der Waals surface area contributed by atoms with Crippen LogP contribution in [-0.4, -0.2) is 47.4 Å². The van der Waals surface area contributed by atoms with Crippen molar-refractivity contribution in [2.45, 2.75) is 31.8 Å². The fraction of sp³-hybridized carbons (Fsp3) is 0.750. The molecule has 0 amide bonds. The third-order valence-corrected chi connectivity index (χ3v) is 3.41. The Bertz CT molecular complexity index is 284. The number of hydrogen-bond donors (Lipinski definition) is 1. The van der Waals surface area contributed by atoms with Crippen LogP contribution in [0.1, 0.15) is 19.3 Å². The maximum atomic E-state index is 4.23. The van der Waals surface area contributed by atoms with E-state index >= 15 is 0 Å². The van der Waals surface area contributed by atoms with E-state index in [0.717, 1.165) is 25.7 Å².